The summed E-state index contributed by atoms with van der Waals surface area (Å²) in [6.07, 6.45) is 0. The molecule has 1 heterocycles. The Kier molecular flexibility index (Phi) is 4.61. The van der Waals surface area contributed by atoms with Gasteiger partial charge in [-0.15, -0.1) is 0 Å². The molecule has 4 nitrogen and oxygen atoms in total. The van der Waals surface area contributed by atoms with Crippen molar-refractivity contribution in [2.75, 3.05) is 0 Å². The lowest BCUT2D eigenvalue weighted by molar-refractivity contribution is 0.289. The van der Waals surface area contributed by atoms with Gasteiger partial charge in [0.2, 0.25) is 0 Å². The number of nitrogens with two attached hydrogens (primary N) is 1. The van der Waals surface area contributed by atoms with Gasteiger partial charge in [0.1, 0.15) is 12.4 Å². The van der Waals surface area contributed by atoms with Crippen molar-refractivity contribution in [3.05, 3.63) is 45.7 Å². The van der Waals surface area contributed by atoms with Crippen molar-refractivity contribution in [1.82, 2.24) is 9.78 Å². The monoisotopic (exact) mass is 323 g/mol. The van der Waals surface area contributed by atoms with Gasteiger partial charge in [-0.25, -0.2) is 0 Å². The lowest BCUT2D eigenvalue weighted by Gasteiger charge is -2.11. The minimum absolute atomic E-state index is 0.459. The highest BCUT2D eigenvalue weighted by molar-refractivity contribution is 9.10. The zero-order valence-corrected chi connectivity index (χ0v) is 12.8. The molecule has 5 heteroatoms. The van der Waals surface area contributed by atoms with Crippen LogP contribution in [0.4, 0.5) is 0 Å². The van der Waals surface area contributed by atoms with Gasteiger partial charge >= 0.3 is 0 Å². The first-order chi connectivity index (χ1) is 9.13. The number of aryl methyl sites for hydroxylation is 2. The van der Waals surface area contributed by atoms with Crippen LogP contribution in [-0.4, -0.2) is 9.78 Å². The lowest BCUT2D eigenvalue weighted by Crippen LogP contribution is -2.08. The van der Waals surface area contributed by atoms with Gasteiger partial charge in [0, 0.05) is 23.1 Å². The van der Waals surface area contributed by atoms with Gasteiger partial charge in [0.05, 0.1) is 11.4 Å². The molecule has 1 aromatic heterocycles. The van der Waals surface area contributed by atoms with Crippen molar-refractivity contribution in [3.8, 4) is 5.75 Å². The van der Waals surface area contributed by atoms with E-state index in [-0.39, 0.29) is 0 Å². The molecular formula is C14H18BrN3O. The summed E-state index contributed by atoms with van der Waals surface area (Å²) in [6, 6.07) is 7.92. The van der Waals surface area contributed by atoms with E-state index in [0.29, 0.717) is 13.2 Å². The fraction of sp³-hybridized carbons (Fsp3) is 0.357. The van der Waals surface area contributed by atoms with Crippen LogP contribution >= 0.6 is 15.9 Å². The van der Waals surface area contributed by atoms with Gasteiger partial charge < -0.3 is 10.5 Å². The van der Waals surface area contributed by atoms with Crippen LogP contribution in [0, 0.1) is 6.92 Å². The molecule has 0 saturated heterocycles. The van der Waals surface area contributed by atoms with Gasteiger partial charge in [-0.1, -0.05) is 15.9 Å². The summed E-state index contributed by atoms with van der Waals surface area (Å²) >= 11 is 3.43. The molecule has 2 rings (SSSR count). The minimum atomic E-state index is 0.459. The first kappa shape index (κ1) is 14.1. The Balaban J connectivity index is 2.14. The Morgan fingerprint density at radius 2 is 2.16 bits per heavy atom. The van der Waals surface area contributed by atoms with E-state index in [1.54, 1.807) is 0 Å². The summed E-state index contributed by atoms with van der Waals surface area (Å²) in [5.41, 5.74) is 8.81. The number of aromatic nitrogens is 2. The molecule has 2 N–H and O–H groups in total. The Morgan fingerprint density at radius 1 is 1.37 bits per heavy atom. The molecule has 1 aromatic carbocycles. The molecule has 0 spiro atoms. The molecule has 0 radical (unpaired) electrons. The largest absolute Gasteiger partial charge is 0.487 e. The van der Waals surface area contributed by atoms with Crippen molar-refractivity contribution >= 4 is 15.9 Å². The fourth-order valence-electron chi connectivity index (χ4n) is 1.99. The van der Waals surface area contributed by atoms with Crippen LogP contribution in [0.1, 0.15) is 23.9 Å². The topological polar surface area (TPSA) is 53.1 Å². The predicted octanol–water partition coefficient (Wildman–Crippen LogP) is 3.01. The van der Waals surface area contributed by atoms with Crippen molar-refractivity contribution in [2.45, 2.75) is 33.5 Å². The molecule has 0 saturated carbocycles. The van der Waals surface area contributed by atoms with Crippen LogP contribution in [-0.2, 0) is 19.7 Å². The molecule has 0 amide bonds. The standard InChI is InChI=1S/C14H18BrN3O/c1-3-18-13(6-10(2)17-18)9-19-14-5-4-12(15)7-11(14)8-16/h4-7H,3,8-9,16H2,1-2H3. The number of hydrogen-bond acceptors (Lipinski definition) is 3. The molecule has 2 aromatic rings. The number of ether oxygens (including phenoxy) is 1. The van der Waals surface area contributed by atoms with Crippen molar-refractivity contribution < 1.29 is 4.74 Å². The SMILES string of the molecule is CCn1nc(C)cc1COc1ccc(Br)cc1CN. The molecule has 0 aliphatic carbocycles. The molecule has 102 valence electrons. The Hall–Kier alpha value is -1.33. The fourth-order valence-corrected chi connectivity index (χ4v) is 2.40. The second kappa shape index (κ2) is 6.21. The summed E-state index contributed by atoms with van der Waals surface area (Å²) in [5.74, 6) is 0.826. The zero-order valence-electron chi connectivity index (χ0n) is 11.2. The van der Waals surface area contributed by atoms with E-state index in [1.165, 1.54) is 0 Å². The van der Waals surface area contributed by atoms with Crippen molar-refractivity contribution in [1.29, 1.82) is 0 Å². The van der Waals surface area contributed by atoms with E-state index in [1.807, 2.05) is 35.9 Å². The van der Waals surface area contributed by atoms with E-state index in [4.69, 9.17) is 10.5 Å². The van der Waals surface area contributed by atoms with E-state index < -0.39 is 0 Å². The third kappa shape index (κ3) is 3.36. The van der Waals surface area contributed by atoms with E-state index >= 15 is 0 Å². The summed E-state index contributed by atoms with van der Waals surface area (Å²) in [5, 5.41) is 4.40. The summed E-state index contributed by atoms with van der Waals surface area (Å²) in [7, 11) is 0. The quantitative estimate of drug-likeness (QED) is 0.920. The summed E-state index contributed by atoms with van der Waals surface area (Å²) in [6.45, 7) is 5.86. The first-order valence-electron chi connectivity index (χ1n) is 6.28. The van der Waals surface area contributed by atoms with E-state index in [9.17, 15) is 0 Å². The van der Waals surface area contributed by atoms with Crippen LogP contribution in [0.2, 0.25) is 0 Å². The average Bonchev–Trinajstić information content (AvgIpc) is 2.77. The van der Waals surface area contributed by atoms with Crippen molar-refractivity contribution in [3.63, 3.8) is 0 Å². The highest BCUT2D eigenvalue weighted by Gasteiger charge is 2.07. The Bertz CT molecular complexity index is 566. The zero-order chi connectivity index (χ0) is 13.8. The Morgan fingerprint density at radius 3 is 2.84 bits per heavy atom. The van der Waals surface area contributed by atoms with Gasteiger partial charge in [-0.2, -0.15) is 5.10 Å². The average molecular weight is 324 g/mol. The molecule has 0 atom stereocenters. The second-order valence-corrected chi connectivity index (χ2v) is 5.25. The van der Waals surface area contributed by atoms with Crippen LogP contribution in [0.15, 0.2) is 28.7 Å². The maximum absolute atomic E-state index is 5.86. The minimum Gasteiger partial charge on any atom is -0.487 e. The number of rotatable bonds is 5. The molecule has 0 fully saturated rings. The van der Waals surface area contributed by atoms with Crippen LogP contribution < -0.4 is 10.5 Å². The van der Waals surface area contributed by atoms with E-state index in [0.717, 1.165) is 33.7 Å². The molecule has 0 aliphatic rings. The Labute approximate surface area is 121 Å². The molecular weight excluding hydrogens is 306 g/mol. The molecule has 0 aliphatic heterocycles. The molecule has 0 bridgehead atoms. The number of hydrogen-bond donors (Lipinski definition) is 1. The number of halogens is 1. The van der Waals surface area contributed by atoms with Gasteiger partial charge in [-0.3, -0.25) is 4.68 Å². The second-order valence-electron chi connectivity index (χ2n) is 4.34. The number of benzene rings is 1. The summed E-state index contributed by atoms with van der Waals surface area (Å²) in [4.78, 5) is 0. The third-order valence-electron chi connectivity index (χ3n) is 2.90. The van der Waals surface area contributed by atoms with Crippen molar-refractivity contribution in [2.24, 2.45) is 5.73 Å². The first-order valence-corrected chi connectivity index (χ1v) is 7.08. The highest BCUT2D eigenvalue weighted by atomic mass is 79.9. The normalized spacial score (nSPS) is 10.7. The number of nitrogens with zero attached hydrogens (tertiary/aromatic N) is 2. The smallest absolute Gasteiger partial charge is 0.130 e. The maximum Gasteiger partial charge on any atom is 0.130 e. The third-order valence-corrected chi connectivity index (χ3v) is 3.40. The van der Waals surface area contributed by atoms with Crippen LogP contribution in [0.25, 0.3) is 0 Å². The molecule has 19 heavy (non-hydrogen) atoms. The van der Waals surface area contributed by atoms with Crippen LogP contribution in [0.3, 0.4) is 0 Å². The van der Waals surface area contributed by atoms with Gasteiger partial charge in [-0.05, 0) is 38.1 Å². The highest BCUT2D eigenvalue weighted by Crippen LogP contribution is 2.23. The summed E-state index contributed by atoms with van der Waals surface area (Å²) < 4.78 is 8.83. The van der Waals surface area contributed by atoms with Gasteiger partial charge in [0.25, 0.3) is 0 Å². The lowest BCUT2D eigenvalue weighted by atomic mass is 10.2. The molecule has 0 unspecified atom stereocenters. The van der Waals surface area contributed by atoms with Gasteiger partial charge in [0.15, 0.2) is 0 Å². The maximum atomic E-state index is 5.86. The predicted molar refractivity (Wildman–Crippen MR) is 79.0 cm³/mol. The van der Waals surface area contributed by atoms with E-state index in [2.05, 4.69) is 28.0 Å². The van der Waals surface area contributed by atoms with Crippen LogP contribution in [0.5, 0.6) is 5.75 Å².